The van der Waals surface area contributed by atoms with Gasteiger partial charge in [-0.2, -0.15) is 0 Å². The van der Waals surface area contributed by atoms with Gasteiger partial charge in [0.05, 0.1) is 0 Å². The Balaban J connectivity index is 1.85. The van der Waals surface area contributed by atoms with Crippen LogP contribution in [-0.2, 0) is 0 Å². The van der Waals surface area contributed by atoms with E-state index in [4.69, 9.17) is 0 Å². The summed E-state index contributed by atoms with van der Waals surface area (Å²) in [6, 6.07) is 1.42. The van der Waals surface area contributed by atoms with Crippen molar-refractivity contribution in [2.45, 2.75) is 71.9 Å². The first-order valence-corrected chi connectivity index (χ1v) is 8.01. The zero-order valence-electron chi connectivity index (χ0n) is 12.8. The molecule has 0 radical (unpaired) electrons. The van der Waals surface area contributed by atoms with Gasteiger partial charge in [-0.15, -0.1) is 0 Å². The predicted molar refractivity (Wildman–Crippen MR) is 78.9 cm³/mol. The molecular formula is C16H32N2. The van der Waals surface area contributed by atoms with Crippen LogP contribution in [0.3, 0.4) is 0 Å². The third kappa shape index (κ3) is 3.27. The lowest BCUT2D eigenvalue weighted by Gasteiger charge is -2.38. The fraction of sp³-hybridized carbons (Fsp3) is 1.00. The van der Waals surface area contributed by atoms with Crippen LogP contribution in [0.1, 0.15) is 59.8 Å². The smallest absolute Gasteiger partial charge is 0.0121 e. The first-order chi connectivity index (χ1) is 8.53. The topological polar surface area (TPSA) is 15.3 Å². The van der Waals surface area contributed by atoms with Gasteiger partial charge in [-0.3, -0.25) is 0 Å². The van der Waals surface area contributed by atoms with E-state index in [1.54, 1.807) is 0 Å². The SMILES string of the molecule is CCN1CCCC(C(C)NC2CCCC2(C)C)C1. The monoisotopic (exact) mass is 252 g/mol. The van der Waals surface area contributed by atoms with Crippen LogP contribution in [0.25, 0.3) is 0 Å². The molecule has 1 saturated heterocycles. The highest BCUT2D eigenvalue weighted by atomic mass is 15.1. The maximum absolute atomic E-state index is 3.96. The Hall–Kier alpha value is -0.0800. The second kappa shape index (κ2) is 5.92. The molecule has 0 aromatic heterocycles. The minimum absolute atomic E-state index is 0.507. The summed E-state index contributed by atoms with van der Waals surface area (Å²) in [6.07, 6.45) is 6.98. The molecule has 0 aromatic rings. The minimum atomic E-state index is 0.507. The van der Waals surface area contributed by atoms with Crippen molar-refractivity contribution < 1.29 is 0 Å². The van der Waals surface area contributed by atoms with Crippen LogP contribution < -0.4 is 5.32 Å². The zero-order valence-corrected chi connectivity index (χ0v) is 12.8. The summed E-state index contributed by atoms with van der Waals surface area (Å²) in [5.41, 5.74) is 0.507. The van der Waals surface area contributed by atoms with Crippen molar-refractivity contribution in [1.29, 1.82) is 0 Å². The van der Waals surface area contributed by atoms with Gasteiger partial charge in [0.25, 0.3) is 0 Å². The summed E-state index contributed by atoms with van der Waals surface area (Å²) >= 11 is 0. The van der Waals surface area contributed by atoms with E-state index < -0.39 is 0 Å². The van der Waals surface area contributed by atoms with Crippen LogP contribution >= 0.6 is 0 Å². The highest BCUT2D eigenvalue weighted by Gasteiger charge is 2.36. The zero-order chi connectivity index (χ0) is 13.2. The first-order valence-electron chi connectivity index (χ1n) is 8.01. The molecule has 1 aliphatic heterocycles. The molecule has 0 amide bonds. The number of nitrogens with one attached hydrogen (secondary N) is 1. The summed E-state index contributed by atoms with van der Waals surface area (Å²) in [7, 11) is 0. The third-order valence-corrected chi connectivity index (χ3v) is 5.42. The van der Waals surface area contributed by atoms with Gasteiger partial charge in [0.2, 0.25) is 0 Å². The Kier molecular flexibility index (Phi) is 4.71. The Morgan fingerprint density at radius 1 is 1.28 bits per heavy atom. The maximum Gasteiger partial charge on any atom is 0.0121 e. The van der Waals surface area contributed by atoms with Gasteiger partial charge < -0.3 is 10.2 Å². The quantitative estimate of drug-likeness (QED) is 0.826. The molecule has 1 aliphatic carbocycles. The molecule has 2 rings (SSSR count). The lowest BCUT2D eigenvalue weighted by atomic mass is 9.85. The van der Waals surface area contributed by atoms with E-state index in [-0.39, 0.29) is 0 Å². The van der Waals surface area contributed by atoms with Gasteiger partial charge in [0.1, 0.15) is 0 Å². The van der Waals surface area contributed by atoms with E-state index in [0.717, 1.165) is 12.0 Å². The Morgan fingerprint density at radius 2 is 2.06 bits per heavy atom. The molecule has 3 atom stereocenters. The number of piperidine rings is 1. The van der Waals surface area contributed by atoms with Crippen molar-refractivity contribution in [3.63, 3.8) is 0 Å². The van der Waals surface area contributed by atoms with Crippen LogP contribution in [0.15, 0.2) is 0 Å². The molecule has 0 spiro atoms. The fourth-order valence-corrected chi connectivity index (χ4v) is 3.88. The molecular weight excluding hydrogens is 220 g/mol. The van der Waals surface area contributed by atoms with Gasteiger partial charge in [0, 0.05) is 18.6 Å². The number of rotatable bonds is 4. The van der Waals surface area contributed by atoms with Crippen LogP contribution in [0.5, 0.6) is 0 Å². The van der Waals surface area contributed by atoms with E-state index in [9.17, 15) is 0 Å². The van der Waals surface area contributed by atoms with Crippen molar-refractivity contribution in [2.75, 3.05) is 19.6 Å². The van der Waals surface area contributed by atoms with E-state index in [1.807, 2.05) is 0 Å². The molecule has 1 N–H and O–H groups in total. The Morgan fingerprint density at radius 3 is 2.67 bits per heavy atom. The van der Waals surface area contributed by atoms with Crippen molar-refractivity contribution in [1.82, 2.24) is 10.2 Å². The van der Waals surface area contributed by atoms with Crippen LogP contribution in [0.2, 0.25) is 0 Å². The maximum atomic E-state index is 3.96. The van der Waals surface area contributed by atoms with Crippen molar-refractivity contribution in [3.8, 4) is 0 Å². The van der Waals surface area contributed by atoms with E-state index in [2.05, 4.69) is 37.9 Å². The summed E-state index contributed by atoms with van der Waals surface area (Å²) in [5, 5.41) is 3.96. The van der Waals surface area contributed by atoms with Gasteiger partial charge in [-0.05, 0) is 57.0 Å². The minimum Gasteiger partial charge on any atom is -0.311 e. The standard InChI is InChI=1S/C16H32N2/c1-5-18-11-7-8-14(12-18)13(2)17-15-9-6-10-16(15,3)4/h13-15,17H,5-12H2,1-4H3. The molecule has 106 valence electrons. The van der Waals surface area contributed by atoms with Crippen molar-refractivity contribution in [3.05, 3.63) is 0 Å². The molecule has 2 fully saturated rings. The number of nitrogens with zero attached hydrogens (tertiary/aromatic N) is 1. The van der Waals surface area contributed by atoms with Crippen molar-refractivity contribution in [2.24, 2.45) is 11.3 Å². The molecule has 1 saturated carbocycles. The van der Waals surface area contributed by atoms with Crippen LogP contribution in [-0.4, -0.2) is 36.6 Å². The molecule has 2 heteroatoms. The summed E-state index contributed by atoms with van der Waals surface area (Å²) in [6.45, 7) is 13.4. The second-order valence-corrected chi connectivity index (χ2v) is 7.18. The van der Waals surface area contributed by atoms with E-state index in [1.165, 1.54) is 51.7 Å². The largest absolute Gasteiger partial charge is 0.311 e. The highest BCUT2D eigenvalue weighted by Crippen LogP contribution is 2.38. The van der Waals surface area contributed by atoms with Crippen LogP contribution in [0, 0.1) is 11.3 Å². The molecule has 3 unspecified atom stereocenters. The second-order valence-electron chi connectivity index (χ2n) is 7.18. The molecule has 1 heterocycles. The van der Waals surface area contributed by atoms with E-state index in [0.29, 0.717) is 11.5 Å². The lowest BCUT2D eigenvalue weighted by Crippen LogP contribution is -2.49. The first kappa shape index (κ1) is 14.3. The highest BCUT2D eigenvalue weighted by molar-refractivity contribution is 4.93. The van der Waals surface area contributed by atoms with Gasteiger partial charge in [0.15, 0.2) is 0 Å². The number of hydrogen-bond donors (Lipinski definition) is 1. The molecule has 18 heavy (non-hydrogen) atoms. The van der Waals surface area contributed by atoms with E-state index >= 15 is 0 Å². The average Bonchev–Trinajstić information content (AvgIpc) is 2.69. The summed E-state index contributed by atoms with van der Waals surface area (Å²) in [5.74, 6) is 0.857. The Bertz CT molecular complexity index is 262. The average molecular weight is 252 g/mol. The van der Waals surface area contributed by atoms with Gasteiger partial charge in [-0.1, -0.05) is 27.2 Å². The number of hydrogen-bond acceptors (Lipinski definition) is 2. The van der Waals surface area contributed by atoms with Gasteiger partial charge in [-0.25, -0.2) is 0 Å². The third-order valence-electron chi connectivity index (χ3n) is 5.42. The predicted octanol–water partition coefficient (Wildman–Crippen LogP) is 3.28. The van der Waals surface area contributed by atoms with Crippen molar-refractivity contribution >= 4 is 0 Å². The summed E-state index contributed by atoms with van der Waals surface area (Å²) < 4.78 is 0. The van der Waals surface area contributed by atoms with Crippen LogP contribution in [0.4, 0.5) is 0 Å². The number of likely N-dealkylation sites (tertiary alicyclic amines) is 1. The molecule has 0 bridgehead atoms. The fourth-order valence-electron chi connectivity index (χ4n) is 3.88. The summed E-state index contributed by atoms with van der Waals surface area (Å²) in [4.78, 5) is 2.62. The van der Waals surface area contributed by atoms with Gasteiger partial charge >= 0.3 is 0 Å². The Labute approximate surface area is 114 Å². The normalized spacial score (nSPS) is 34.7. The molecule has 2 aliphatic rings. The molecule has 0 aromatic carbocycles. The molecule has 2 nitrogen and oxygen atoms in total. The lowest BCUT2D eigenvalue weighted by molar-refractivity contribution is 0.141.